The van der Waals surface area contributed by atoms with Gasteiger partial charge in [-0.3, -0.25) is 4.79 Å². The summed E-state index contributed by atoms with van der Waals surface area (Å²) in [5, 5.41) is 4.15. The Morgan fingerprint density at radius 1 is 1.41 bits per heavy atom. The minimum Gasteiger partial charge on any atom is -0.494 e. The standard InChI is InChI=1S/C13H12N2O2/c1-17-13-10-11(4-2-9-16)5-6-12(13)15-8-3-7-14-15/h2-10H,1H3. The van der Waals surface area contributed by atoms with Gasteiger partial charge in [0.2, 0.25) is 0 Å². The van der Waals surface area contributed by atoms with Crippen molar-refractivity contribution in [2.75, 3.05) is 7.11 Å². The summed E-state index contributed by atoms with van der Waals surface area (Å²) in [6, 6.07) is 7.51. The Morgan fingerprint density at radius 3 is 2.94 bits per heavy atom. The molecule has 0 aliphatic carbocycles. The lowest BCUT2D eigenvalue weighted by Gasteiger charge is -2.09. The van der Waals surface area contributed by atoms with Crippen LogP contribution in [0.4, 0.5) is 0 Å². The first-order chi connectivity index (χ1) is 8.35. The van der Waals surface area contributed by atoms with Gasteiger partial charge in [-0.05, 0) is 29.8 Å². The summed E-state index contributed by atoms with van der Waals surface area (Å²) in [5.74, 6) is 0.710. The second-order valence-corrected chi connectivity index (χ2v) is 3.38. The predicted molar refractivity (Wildman–Crippen MR) is 65.2 cm³/mol. The fourth-order valence-corrected chi connectivity index (χ4v) is 1.55. The van der Waals surface area contributed by atoms with Crippen molar-refractivity contribution in [2.45, 2.75) is 0 Å². The quantitative estimate of drug-likeness (QED) is 0.594. The number of hydrogen-bond donors (Lipinski definition) is 0. The highest BCUT2D eigenvalue weighted by Gasteiger charge is 2.05. The Bertz CT molecular complexity index is 530. The molecule has 0 saturated carbocycles. The third-order valence-corrected chi connectivity index (χ3v) is 2.32. The van der Waals surface area contributed by atoms with Crippen molar-refractivity contribution < 1.29 is 9.53 Å². The fourth-order valence-electron chi connectivity index (χ4n) is 1.55. The molecule has 0 radical (unpaired) electrons. The first-order valence-corrected chi connectivity index (χ1v) is 5.15. The van der Waals surface area contributed by atoms with E-state index in [1.54, 1.807) is 24.1 Å². The first kappa shape index (κ1) is 11.1. The van der Waals surface area contributed by atoms with Crippen molar-refractivity contribution in [1.82, 2.24) is 9.78 Å². The highest BCUT2D eigenvalue weighted by atomic mass is 16.5. The second kappa shape index (κ2) is 5.12. The van der Waals surface area contributed by atoms with E-state index in [0.717, 1.165) is 17.5 Å². The molecule has 0 atom stereocenters. The summed E-state index contributed by atoms with van der Waals surface area (Å²) >= 11 is 0. The molecule has 1 aromatic carbocycles. The van der Waals surface area contributed by atoms with E-state index in [0.29, 0.717) is 5.75 Å². The zero-order valence-electron chi connectivity index (χ0n) is 9.41. The van der Waals surface area contributed by atoms with Crippen LogP contribution in [0.3, 0.4) is 0 Å². The molecule has 0 spiro atoms. The summed E-state index contributed by atoms with van der Waals surface area (Å²) in [7, 11) is 1.61. The Hall–Kier alpha value is -2.36. The highest BCUT2D eigenvalue weighted by Crippen LogP contribution is 2.24. The SMILES string of the molecule is COc1cc(C=CC=O)ccc1-n1cccn1. The van der Waals surface area contributed by atoms with Crippen molar-refractivity contribution in [2.24, 2.45) is 0 Å². The van der Waals surface area contributed by atoms with Gasteiger partial charge in [0.25, 0.3) is 0 Å². The Kier molecular flexibility index (Phi) is 3.35. The maximum Gasteiger partial charge on any atom is 0.145 e. The normalized spacial score (nSPS) is 10.6. The maximum atomic E-state index is 10.3. The van der Waals surface area contributed by atoms with E-state index in [4.69, 9.17) is 4.74 Å². The average Bonchev–Trinajstić information content (AvgIpc) is 2.89. The minimum atomic E-state index is 0.710. The fraction of sp³-hybridized carbons (Fsp3) is 0.0769. The molecule has 1 heterocycles. The van der Waals surface area contributed by atoms with Crippen LogP contribution in [-0.2, 0) is 4.79 Å². The Labute approximate surface area is 99.1 Å². The third-order valence-electron chi connectivity index (χ3n) is 2.32. The monoisotopic (exact) mass is 228 g/mol. The highest BCUT2D eigenvalue weighted by molar-refractivity contribution is 5.74. The van der Waals surface area contributed by atoms with Crippen molar-refractivity contribution >= 4 is 12.4 Å². The van der Waals surface area contributed by atoms with Crippen molar-refractivity contribution in [3.8, 4) is 11.4 Å². The molecule has 2 aromatic rings. The molecule has 0 aliphatic rings. The number of methoxy groups -OCH3 is 1. The van der Waals surface area contributed by atoms with Crippen LogP contribution in [-0.4, -0.2) is 23.2 Å². The first-order valence-electron chi connectivity index (χ1n) is 5.15. The van der Waals surface area contributed by atoms with E-state index in [9.17, 15) is 4.79 Å². The smallest absolute Gasteiger partial charge is 0.145 e. The molecule has 0 N–H and O–H groups in total. The lowest BCUT2D eigenvalue weighted by Crippen LogP contribution is -1.98. The van der Waals surface area contributed by atoms with E-state index >= 15 is 0 Å². The summed E-state index contributed by atoms with van der Waals surface area (Å²) in [4.78, 5) is 10.3. The summed E-state index contributed by atoms with van der Waals surface area (Å²) < 4.78 is 7.03. The Morgan fingerprint density at radius 2 is 2.29 bits per heavy atom. The average molecular weight is 228 g/mol. The van der Waals surface area contributed by atoms with Gasteiger partial charge in [0.15, 0.2) is 0 Å². The zero-order valence-corrected chi connectivity index (χ0v) is 9.41. The maximum absolute atomic E-state index is 10.3. The van der Waals surface area contributed by atoms with Crippen LogP contribution in [0.25, 0.3) is 11.8 Å². The van der Waals surface area contributed by atoms with Gasteiger partial charge in [0.05, 0.1) is 7.11 Å². The number of hydrogen-bond acceptors (Lipinski definition) is 3. The van der Waals surface area contributed by atoms with Gasteiger partial charge >= 0.3 is 0 Å². The lowest BCUT2D eigenvalue weighted by molar-refractivity contribution is -0.104. The van der Waals surface area contributed by atoms with Gasteiger partial charge in [-0.25, -0.2) is 4.68 Å². The number of carbonyl (C=O) groups is 1. The molecule has 0 amide bonds. The second-order valence-electron chi connectivity index (χ2n) is 3.38. The van der Waals surface area contributed by atoms with Crippen LogP contribution in [0.1, 0.15) is 5.56 Å². The van der Waals surface area contributed by atoms with Crippen molar-refractivity contribution in [3.63, 3.8) is 0 Å². The molecular formula is C13H12N2O2. The number of aromatic nitrogens is 2. The van der Waals surface area contributed by atoms with Crippen LogP contribution < -0.4 is 4.74 Å². The molecule has 0 unspecified atom stereocenters. The van der Waals surface area contributed by atoms with Crippen LogP contribution in [0.15, 0.2) is 42.7 Å². The number of aldehydes is 1. The molecular weight excluding hydrogens is 216 g/mol. The molecule has 4 heteroatoms. The minimum absolute atomic E-state index is 0.710. The Balaban J connectivity index is 2.42. The zero-order chi connectivity index (χ0) is 12.1. The lowest BCUT2D eigenvalue weighted by atomic mass is 10.1. The van der Waals surface area contributed by atoms with Crippen LogP contribution in [0.5, 0.6) is 5.75 Å². The largest absolute Gasteiger partial charge is 0.494 e. The number of ether oxygens (including phenoxy) is 1. The molecule has 0 fully saturated rings. The van der Waals surface area contributed by atoms with Crippen LogP contribution >= 0.6 is 0 Å². The van der Waals surface area contributed by atoms with E-state index in [-0.39, 0.29) is 0 Å². The van der Waals surface area contributed by atoms with E-state index in [1.165, 1.54) is 6.08 Å². The van der Waals surface area contributed by atoms with Crippen molar-refractivity contribution in [1.29, 1.82) is 0 Å². The molecule has 1 aromatic heterocycles. The number of allylic oxidation sites excluding steroid dienone is 1. The van der Waals surface area contributed by atoms with Gasteiger partial charge in [-0.1, -0.05) is 12.1 Å². The number of nitrogens with zero attached hydrogens (tertiary/aromatic N) is 2. The molecule has 0 bridgehead atoms. The molecule has 4 nitrogen and oxygen atoms in total. The number of rotatable bonds is 4. The van der Waals surface area contributed by atoms with Crippen molar-refractivity contribution in [3.05, 3.63) is 48.3 Å². The number of carbonyl (C=O) groups excluding carboxylic acids is 1. The molecule has 86 valence electrons. The van der Waals surface area contributed by atoms with Gasteiger partial charge in [-0.15, -0.1) is 0 Å². The molecule has 2 rings (SSSR count). The van der Waals surface area contributed by atoms with Gasteiger partial charge in [-0.2, -0.15) is 5.10 Å². The predicted octanol–water partition coefficient (Wildman–Crippen LogP) is 2.09. The van der Waals surface area contributed by atoms with Gasteiger partial charge in [0.1, 0.15) is 17.7 Å². The third kappa shape index (κ3) is 2.42. The van der Waals surface area contributed by atoms with Gasteiger partial charge < -0.3 is 4.74 Å². The van der Waals surface area contributed by atoms with E-state index in [1.807, 2.05) is 30.5 Å². The molecule has 17 heavy (non-hydrogen) atoms. The summed E-state index contributed by atoms with van der Waals surface area (Å²) in [6.45, 7) is 0. The summed E-state index contributed by atoms with van der Waals surface area (Å²) in [5.41, 5.74) is 1.77. The van der Waals surface area contributed by atoms with E-state index < -0.39 is 0 Å². The van der Waals surface area contributed by atoms with Gasteiger partial charge in [0, 0.05) is 12.4 Å². The topological polar surface area (TPSA) is 44.1 Å². The molecule has 0 aliphatic heterocycles. The molecule has 0 saturated heterocycles. The van der Waals surface area contributed by atoms with E-state index in [2.05, 4.69) is 5.10 Å². The summed E-state index contributed by atoms with van der Waals surface area (Å²) in [6.07, 6.45) is 7.47. The van der Waals surface area contributed by atoms with Crippen LogP contribution in [0, 0.1) is 0 Å². The number of benzene rings is 1. The van der Waals surface area contributed by atoms with Crippen LogP contribution in [0.2, 0.25) is 0 Å².